The van der Waals surface area contributed by atoms with Gasteiger partial charge < -0.3 is 10.2 Å². The SMILES string of the molecule is CN1CCC2CNc3ccc(Br)cc3C2C1. The fourth-order valence-electron chi connectivity index (χ4n) is 3.00. The molecule has 2 atom stereocenters. The van der Waals surface area contributed by atoms with Crippen molar-refractivity contribution < 1.29 is 0 Å². The molecule has 1 fully saturated rings. The number of nitrogens with zero attached hydrogens (tertiary/aromatic N) is 1. The van der Waals surface area contributed by atoms with E-state index in [1.54, 1.807) is 0 Å². The number of piperidine rings is 1. The number of nitrogens with one attached hydrogen (secondary N) is 1. The van der Waals surface area contributed by atoms with Crippen LogP contribution in [0, 0.1) is 5.92 Å². The molecule has 3 heteroatoms. The summed E-state index contributed by atoms with van der Waals surface area (Å²) in [7, 11) is 2.23. The molecule has 1 N–H and O–H groups in total. The molecule has 2 nitrogen and oxygen atoms in total. The Morgan fingerprint density at radius 2 is 2.31 bits per heavy atom. The number of likely N-dealkylation sites (N-methyl/N-ethyl adjacent to an activating group) is 1. The lowest BCUT2D eigenvalue weighted by atomic mass is 9.78. The lowest BCUT2D eigenvalue weighted by Gasteiger charge is -2.41. The van der Waals surface area contributed by atoms with Crippen LogP contribution < -0.4 is 5.32 Å². The third kappa shape index (κ3) is 1.76. The second kappa shape index (κ2) is 4.04. The Balaban J connectivity index is 1.99. The van der Waals surface area contributed by atoms with Gasteiger partial charge in [-0.05, 0) is 49.7 Å². The highest BCUT2D eigenvalue weighted by Crippen LogP contribution is 2.40. The van der Waals surface area contributed by atoms with Crippen LogP contribution in [0.3, 0.4) is 0 Å². The fourth-order valence-corrected chi connectivity index (χ4v) is 3.38. The van der Waals surface area contributed by atoms with Crippen LogP contribution in [-0.2, 0) is 0 Å². The molecule has 86 valence electrons. The van der Waals surface area contributed by atoms with Crippen molar-refractivity contribution in [2.75, 3.05) is 32.0 Å². The van der Waals surface area contributed by atoms with Crippen molar-refractivity contribution in [1.29, 1.82) is 0 Å². The molecule has 2 unspecified atom stereocenters. The summed E-state index contributed by atoms with van der Waals surface area (Å²) < 4.78 is 1.20. The molecule has 16 heavy (non-hydrogen) atoms. The van der Waals surface area contributed by atoms with Gasteiger partial charge in [-0.25, -0.2) is 0 Å². The summed E-state index contributed by atoms with van der Waals surface area (Å²) in [6.07, 6.45) is 1.32. The van der Waals surface area contributed by atoms with Gasteiger partial charge in [-0.3, -0.25) is 0 Å². The summed E-state index contributed by atoms with van der Waals surface area (Å²) in [6, 6.07) is 6.61. The lowest BCUT2D eigenvalue weighted by molar-refractivity contribution is 0.192. The smallest absolute Gasteiger partial charge is 0.0377 e. The van der Waals surface area contributed by atoms with Crippen molar-refractivity contribution in [3.05, 3.63) is 28.2 Å². The van der Waals surface area contributed by atoms with Gasteiger partial charge >= 0.3 is 0 Å². The van der Waals surface area contributed by atoms with Crippen molar-refractivity contribution in [1.82, 2.24) is 4.90 Å². The summed E-state index contributed by atoms with van der Waals surface area (Å²) in [4.78, 5) is 2.46. The quantitative estimate of drug-likeness (QED) is 0.786. The van der Waals surface area contributed by atoms with Gasteiger partial charge in [0.2, 0.25) is 0 Å². The molecule has 1 aromatic rings. The van der Waals surface area contributed by atoms with Crippen LogP contribution in [0.1, 0.15) is 17.9 Å². The van der Waals surface area contributed by atoms with E-state index in [0.29, 0.717) is 5.92 Å². The highest BCUT2D eigenvalue weighted by Gasteiger charge is 2.33. The van der Waals surface area contributed by atoms with E-state index < -0.39 is 0 Å². The molecule has 0 aliphatic carbocycles. The first-order chi connectivity index (χ1) is 7.74. The Labute approximate surface area is 105 Å². The van der Waals surface area contributed by atoms with E-state index in [-0.39, 0.29) is 0 Å². The van der Waals surface area contributed by atoms with E-state index in [2.05, 4.69) is 51.4 Å². The molecule has 0 amide bonds. The Hall–Kier alpha value is -0.540. The first-order valence-corrected chi connectivity index (χ1v) is 6.75. The molecule has 1 saturated heterocycles. The molecule has 1 aromatic carbocycles. The summed E-state index contributed by atoms with van der Waals surface area (Å²) in [5, 5.41) is 3.56. The van der Waals surface area contributed by atoms with Crippen LogP contribution in [0.4, 0.5) is 5.69 Å². The van der Waals surface area contributed by atoms with Crippen molar-refractivity contribution in [2.45, 2.75) is 12.3 Å². The zero-order valence-electron chi connectivity index (χ0n) is 9.54. The van der Waals surface area contributed by atoms with Gasteiger partial charge in [0.15, 0.2) is 0 Å². The highest BCUT2D eigenvalue weighted by atomic mass is 79.9. The predicted molar refractivity (Wildman–Crippen MR) is 71.0 cm³/mol. The number of rotatable bonds is 0. The Morgan fingerprint density at radius 1 is 1.44 bits per heavy atom. The van der Waals surface area contributed by atoms with E-state index >= 15 is 0 Å². The topological polar surface area (TPSA) is 15.3 Å². The van der Waals surface area contributed by atoms with Gasteiger partial charge in [-0.1, -0.05) is 15.9 Å². The summed E-state index contributed by atoms with van der Waals surface area (Å²) in [5.41, 5.74) is 2.83. The van der Waals surface area contributed by atoms with E-state index in [1.807, 2.05) is 0 Å². The van der Waals surface area contributed by atoms with Crippen molar-refractivity contribution in [2.24, 2.45) is 5.92 Å². The molecule has 0 spiro atoms. The molecule has 0 radical (unpaired) electrons. The van der Waals surface area contributed by atoms with Crippen LogP contribution in [0.25, 0.3) is 0 Å². The second-order valence-corrected chi connectivity index (χ2v) is 5.95. The molecule has 0 bridgehead atoms. The highest BCUT2D eigenvalue weighted by molar-refractivity contribution is 9.10. The molecule has 0 saturated carbocycles. The van der Waals surface area contributed by atoms with Crippen LogP contribution in [0.5, 0.6) is 0 Å². The minimum Gasteiger partial charge on any atom is -0.385 e. The maximum atomic E-state index is 3.58. The molecule has 2 aliphatic rings. The van der Waals surface area contributed by atoms with Gasteiger partial charge in [-0.15, -0.1) is 0 Å². The molecule has 2 heterocycles. The van der Waals surface area contributed by atoms with Crippen LogP contribution in [0.15, 0.2) is 22.7 Å². The number of benzene rings is 1. The third-order valence-electron chi connectivity index (χ3n) is 3.93. The number of halogens is 1. The van der Waals surface area contributed by atoms with E-state index in [0.717, 1.165) is 12.5 Å². The first kappa shape index (κ1) is 10.6. The number of fused-ring (bicyclic) bond motifs is 3. The monoisotopic (exact) mass is 280 g/mol. The largest absolute Gasteiger partial charge is 0.385 e. The lowest BCUT2D eigenvalue weighted by Crippen LogP contribution is -2.41. The van der Waals surface area contributed by atoms with Gasteiger partial charge in [0.1, 0.15) is 0 Å². The Morgan fingerprint density at radius 3 is 3.19 bits per heavy atom. The second-order valence-electron chi connectivity index (χ2n) is 5.03. The normalized spacial score (nSPS) is 29.1. The molecule has 3 rings (SSSR count). The van der Waals surface area contributed by atoms with Gasteiger partial charge in [0.25, 0.3) is 0 Å². The number of likely N-dealkylation sites (tertiary alicyclic amines) is 1. The Bertz CT molecular complexity index is 405. The molecular formula is C13H17BrN2. The number of hydrogen-bond donors (Lipinski definition) is 1. The fraction of sp³-hybridized carbons (Fsp3) is 0.538. The minimum atomic E-state index is 0.715. The van der Waals surface area contributed by atoms with Crippen molar-refractivity contribution >= 4 is 21.6 Å². The van der Waals surface area contributed by atoms with Gasteiger partial charge in [0.05, 0.1) is 0 Å². The maximum Gasteiger partial charge on any atom is 0.0377 e. The van der Waals surface area contributed by atoms with Gasteiger partial charge in [0, 0.05) is 29.2 Å². The van der Waals surface area contributed by atoms with Crippen LogP contribution in [0.2, 0.25) is 0 Å². The standard InChI is InChI=1S/C13H17BrN2/c1-16-5-4-9-7-15-13-3-2-10(14)6-11(13)12(9)8-16/h2-3,6,9,12,15H,4-5,7-8H2,1H3. The number of hydrogen-bond acceptors (Lipinski definition) is 2. The zero-order valence-corrected chi connectivity index (χ0v) is 11.1. The Kier molecular flexibility index (Phi) is 2.68. The van der Waals surface area contributed by atoms with Crippen molar-refractivity contribution in [3.63, 3.8) is 0 Å². The van der Waals surface area contributed by atoms with E-state index in [9.17, 15) is 0 Å². The van der Waals surface area contributed by atoms with E-state index in [1.165, 1.54) is 35.2 Å². The summed E-state index contributed by atoms with van der Waals surface area (Å²) in [6.45, 7) is 3.59. The molecule has 0 aromatic heterocycles. The maximum absolute atomic E-state index is 3.58. The average Bonchev–Trinajstić information content (AvgIpc) is 2.29. The molecule has 2 aliphatic heterocycles. The number of anilines is 1. The van der Waals surface area contributed by atoms with Crippen LogP contribution in [-0.4, -0.2) is 31.6 Å². The molecular weight excluding hydrogens is 264 g/mol. The average molecular weight is 281 g/mol. The van der Waals surface area contributed by atoms with Crippen molar-refractivity contribution in [3.8, 4) is 0 Å². The summed E-state index contributed by atoms with van der Waals surface area (Å²) in [5.74, 6) is 1.53. The predicted octanol–water partition coefficient (Wildman–Crippen LogP) is 2.91. The first-order valence-electron chi connectivity index (χ1n) is 5.96. The summed E-state index contributed by atoms with van der Waals surface area (Å²) >= 11 is 3.58. The van der Waals surface area contributed by atoms with Gasteiger partial charge in [-0.2, -0.15) is 0 Å². The van der Waals surface area contributed by atoms with E-state index in [4.69, 9.17) is 0 Å². The van der Waals surface area contributed by atoms with Crippen LogP contribution >= 0.6 is 15.9 Å². The minimum absolute atomic E-state index is 0.715. The third-order valence-corrected chi connectivity index (χ3v) is 4.42. The zero-order chi connectivity index (χ0) is 11.1.